The van der Waals surface area contributed by atoms with E-state index in [9.17, 15) is 20.1 Å². The van der Waals surface area contributed by atoms with Crippen LogP contribution in [0.3, 0.4) is 0 Å². The molecule has 9 nitrogen and oxygen atoms in total. The third-order valence-electron chi connectivity index (χ3n) is 9.15. The van der Waals surface area contributed by atoms with Crippen molar-refractivity contribution < 1.29 is 78.4 Å². The van der Waals surface area contributed by atoms with Crippen LogP contribution in [0.4, 0.5) is 0 Å². The number of ether oxygens (including phenoxy) is 3. The Morgan fingerprint density at radius 2 is 1.77 bits per heavy atom. The Bertz CT molecular complexity index is 1330. The molecule has 6 rings (SSSR count). The fourth-order valence-corrected chi connectivity index (χ4v) is 7.13. The van der Waals surface area contributed by atoms with Crippen LogP contribution in [0.5, 0.6) is 23.0 Å². The van der Waals surface area contributed by atoms with Gasteiger partial charge < -0.3 is 29.5 Å². The van der Waals surface area contributed by atoms with Crippen molar-refractivity contribution in [3.8, 4) is 23.0 Å². The van der Waals surface area contributed by atoms with Crippen LogP contribution in [-0.4, -0.2) is 69.8 Å². The quantitative estimate of drug-likeness (QED) is 0.406. The van der Waals surface area contributed by atoms with Crippen LogP contribution in [0.1, 0.15) is 70.8 Å². The first-order chi connectivity index (χ1) is 18.1. The monoisotopic (exact) mass is 751 g/mol. The van der Waals surface area contributed by atoms with Gasteiger partial charge in [0.05, 0.1) is 18.1 Å². The number of nitrogens with zero attached hydrogens (tertiary/aromatic N) is 2. The van der Waals surface area contributed by atoms with E-state index in [1.807, 2.05) is 32.7 Å². The van der Waals surface area contributed by atoms with Crippen molar-refractivity contribution in [2.45, 2.75) is 83.8 Å². The summed E-state index contributed by atoms with van der Waals surface area (Å²) >= 11 is 0. The van der Waals surface area contributed by atoms with Crippen LogP contribution in [0, 0.1) is 64.8 Å². The molecule has 0 aliphatic carbocycles. The van der Waals surface area contributed by atoms with E-state index in [2.05, 4.69) is 11.0 Å². The molecule has 10 heteroatoms. The number of aromatic hydroxyl groups is 2. The number of aliphatic hydroxyl groups is 1. The number of aliphatic hydroxyl groups excluding tert-OH is 1. The molecular formula is C29H36AcN2O7. The van der Waals surface area contributed by atoms with Crippen molar-refractivity contribution in [2.24, 2.45) is 0 Å². The molecule has 0 spiro atoms. The molecule has 0 aromatic heterocycles. The Morgan fingerprint density at radius 3 is 2.49 bits per heavy atom. The van der Waals surface area contributed by atoms with Gasteiger partial charge in [0.15, 0.2) is 11.5 Å². The zero-order chi connectivity index (χ0) is 27.0. The van der Waals surface area contributed by atoms with E-state index < -0.39 is 12.3 Å². The molecule has 0 saturated carbocycles. The SMILES string of the molecule is CCCC(=O)OC[C@H]1c2c(c(O)c(C)c3c2OCO3)CC2[C@@H]3c4c(cc(C)c(C)c4O)C[C@@H]([C@H](O)N21)N3C.[Ac]. The van der Waals surface area contributed by atoms with Gasteiger partial charge in [-0.25, -0.2) is 0 Å². The predicted octanol–water partition coefficient (Wildman–Crippen LogP) is 3.29. The molecule has 4 aliphatic heterocycles. The van der Waals surface area contributed by atoms with Crippen molar-refractivity contribution >= 4 is 5.97 Å². The Morgan fingerprint density at radius 1 is 1.05 bits per heavy atom. The van der Waals surface area contributed by atoms with Crippen molar-refractivity contribution in [3.05, 3.63) is 45.0 Å². The average molecular weight is 752 g/mol. The number of aryl methyl sites for hydroxylation is 1. The summed E-state index contributed by atoms with van der Waals surface area (Å²) in [4.78, 5) is 16.6. The van der Waals surface area contributed by atoms with Crippen LogP contribution < -0.4 is 9.47 Å². The standard InChI is InChI=1S/C29H36N2O7.Ac/c1-6-7-21(32)36-11-20-23-17(25(33)15(4)27-28(23)38-12-37-27)10-18-24-22-16(8-13(2)14(3)26(22)34)9-19(30(24)5)29(35)31(18)20;/h8,18-20,24,29,33-35H,6-7,9-12H2,1-5H3;/t18?,19-,20-,24+,29-;/m0./s1. The van der Waals surface area contributed by atoms with Gasteiger partial charge in [-0.15, -0.1) is 0 Å². The van der Waals surface area contributed by atoms with Gasteiger partial charge in [0.25, 0.3) is 0 Å². The third-order valence-corrected chi connectivity index (χ3v) is 9.15. The average Bonchev–Trinajstić information content (AvgIpc) is 3.37. The van der Waals surface area contributed by atoms with Crippen LogP contribution in [-0.2, 0) is 22.4 Å². The Hall–Kier alpha value is -1.57. The minimum absolute atomic E-state index is 0. The van der Waals surface area contributed by atoms with Gasteiger partial charge in [-0.05, 0) is 63.8 Å². The first kappa shape index (κ1) is 28.9. The number of fused-ring (bicyclic) bond motifs is 9. The number of carbonyl (C=O) groups excluding carboxylic acids is 1. The summed E-state index contributed by atoms with van der Waals surface area (Å²) in [7, 11) is 1.99. The van der Waals surface area contributed by atoms with Crippen LogP contribution in [0.2, 0.25) is 0 Å². The molecule has 2 aromatic carbocycles. The van der Waals surface area contributed by atoms with Crippen LogP contribution in [0.15, 0.2) is 6.07 Å². The topological polar surface area (TPSA) is 112 Å². The first-order valence-electron chi connectivity index (χ1n) is 13.4. The number of piperazine rings is 1. The number of hydrogen-bond acceptors (Lipinski definition) is 9. The molecule has 39 heavy (non-hydrogen) atoms. The number of hydrogen-bond donors (Lipinski definition) is 3. The molecular weight excluding hydrogens is 715 g/mol. The summed E-state index contributed by atoms with van der Waals surface area (Å²) in [6.45, 7) is 7.69. The summed E-state index contributed by atoms with van der Waals surface area (Å²) < 4.78 is 17.4. The van der Waals surface area contributed by atoms with Gasteiger partial charge >= 0.3 is 5.97 Å². The largest absolute Gasteiger partial charge is 0.507 e. The number of likely N-dealkylation sites (N-methyl/N-ethyl adjacent to an activating group) is 1. The third kappa shape index (κ3) is 4.28. The predicted molar refractivity (Wildman–Crippen MR) is 138 cm³/mol. The number of benzene rings is 2. The Balaban J connectivity index is 0.00000308. The molecule has 3 N–H and O–H groups in total. The summed E-state index contributed by atoms with van der Waals surface area (Å²) in [6, 6.07) is 0.797. The maximum atomic E-state index is 12.5. The van der Waals surface area contributed by atoms with Crippen molar-refractivity contribution in [2.75, 3.05) is 20.4 Å². The maximum Gasteiger partial charge on any atom is 0.305 e. The smallest absolute Gasteiger partial charge is 0.305 e. The van der Waals surface area contributed by atoms with Gasteiger partial charge in [0.1, 0.15) is 24.3 Å². The van der Waals surface area contributed by atoms with Crippen molar-refractivity contribution in [3.63, 3.8) is 0 Å². The van der Waals surface area contributed by atoms with E-state index in [0.29, 0.717) is 53.9 Å². The Kier molecular flexibility index (Phi) is 7.93. The molecule has 0 amide bonds. The number of phenols is 2. The van der Waals surface area contributed by atoms with Gasteiger partial charge in [-0.1, -0.05) is 13.0 Å². The summed E-state index contributed by atoms with van der Waals surface area (Å²) in [5, 5.41) is 34.6. The molecule has 1 radical (unpaired) electrons. The van der Waals surface area contributed by atoms with E-state index in [0.717, 1.165) is 22.3 Å². The zero-order valence-electron chi connectivity index (χ0n) is 23.2. The second kappa shape index (κ2) is 10.7. The normalized spacial score (nSPS) is 26.8. The molecule has 5 atom stereocenters. The minimum atomic E-state index is -0.873. The number of carbonyl (C=O) groups is 1. The Labute approximate surface area is 264 Å². The van der Waals surface area contributed by atoms with E-state index in [1.165, 1.54) is 0 Å². The molecule has 1 saturated heterocycles. The fourth-order valence-electron chi connectivity index (χ4n) is 7.13. The van der Waals surface area contributed by atoms with Crippen LogP contribution >= 0.6 is 0 Å². The molecule has 207 valence electrons. The van der Waals surface area contributed by atoms with E-state index in [-0.39, 0.29) is 93.1 Å². The number of rotatable bonds is 4. The molecule has 4 aliphatic rings. The van der Waals surface area contributed by atoms with Gasteiger partial charge in [0.2, 0.25) is 6.79 Å². The van der Waals surface area contributed by atoms with Gasteiger partial charge in [-0.2, -0.15) is 0 Å². The molecule has 2 bridgehead atoms. The zero-order valence-corrected chi connectivity index (χ0v) is 27.9. The molecule has 2 aromatic rings. The second-order valence-corrected chi connectivity index (χ2v) is 11.1. The number of phenolic OH excluding ortho intramolecular Hbond substituents is 2. The van der Waals surface area contributed by atoms with E-state index in [4.69, 9.17) is 14.2 Å². The summed E-state index contributed by atoms with van der Waals surface area (Å²) in [5.41, 5.74) is 5.79. The van der Waals surface area contributed by atoms with E-state index in [1.54, 1.807) is 6.92 Å². The van der Waals surface area contributed by atoms with Gasteiger partial charge in [-0.3, -0.25) is 14.6 Å². The maximum absolute atomic E-state index is 12.5. The van der Waals surface area contributed by atoms with Gasteiger partial charge in [0, 0.05) is 78.8 Å². The summed E-state index contributed by atoms with van der Waals surface area (Å²) in [5.74, 6) is 1.14. The second-order valence-electron chi connectivity index (χ2n) is 11.1. The minimum Gasteiger partial charge on any atom is -0.507 e. The summed E-state index contributed by atoms with van der Waals surface area (Å²) in [6.07, 6.45) is 1.10. The molecule has 4 heterocycles. The fraction of sp³-hybridized carbons (Fsp3) is 0.552. The van der Waals surface area contributed by atoms with Crippen LogP contribution in [0.25, 0.3) is 0 Å². The van der Waals surface area contributed by atoms with Crippen molar-refractivity contribution in [1.29, 1.82) is 0 Å². The first-order valence-corrected chi connectivity index (χ1v) is 13.4. The van der Waals surface area contributed by atoms with Crippen molar-refractivity contribution in [1.82, 2.24) is 9.80 Å². The molecule has 1 fully saturated rings. The molecule has 1 unspecified atom stereocenters. The number of esters is 1. The van der Waals surface area contributed by atoms with E-state index >= 15 is 0 Å².